The molecule has 164 valence electrons. The standard InChI is InChI=1S/C25H27N5O2/c1-2-22(31)30-15-7-6-8-19(16-30)29-25-23(24(26)27-17-28-25)18-11-13-21(14-12-18)32-20-9-4-3-5-10-20/h2-5,9-14,17,19H,1,6-8,15-16H2,(H3,26,27,28,29)/t19-/m0/s1. The number of nitrogens with zero attached hydrogens (tertiary/aromatic N) is 3. The lowest BCUT2D eigenvalue weighted by Gasteiger charge is -2.25. The van der Waals surface area contributed by atoms with Gasteiger partial charge in [0.1, 0.15) is 29.5 Å². The first-order valence-electron chi connectivity index (χ1n) is 10.8. The number of para-hydroxylation sites is 1. The molecule has 0 spiro atoms. The van der Waals surface area contributed by atoms with Gasteiger partial charge in [0.05, 0.1) is 5.56 Å². The van der Waals surface area contributed by atoms with Crippen LogP contribution in [0.25, 0.3) is 11.1 Å². The highest BCUT2D eigenvalue weighted by molar-refractivity contribution is 5.87. The van der Waals surface area contributed by atoms with E-state index in [9.17, 15) is 4.79 Å². The molecule has 3 aromatic rings. The summed E-state index contributed by atoms with van der Waals surface area (Å²) in [6, 6.07) is 17.4. The molecule has 0 aliphatic carbocycles. The second kappa shape index (κ2) is 9.96. The van der Waals surface area contributed by atoms with Gasteiger partial charge in [0.15, 0.2) is 0 Å². The predicted octanol–water partition coefficient (Wildman–Crippen LogP) is 4.50. The van der Waals surface area contributed by atoms with Gasteiger partial charge < -0.3 is 20.7 Å². The highest BCUT2D eigenvalue weighted by Crippen LogP contribution is 2.33. The van der Waals surface area contributed by atoms with Crippen molar-refractivity contribution in [2.24, 2.45) is 0 Å². The summed E-state index contributed by atoms with van der Waals surface area (Å²) in [4.78, 5) is 22.6. The summed E-state index contributed by atoms with van der Waals surface area (Å²) in [5.74, 6) is 2.51. The Morgan fingerprint density at radius 3 is 2.59 bits per heavy atom. The fraction of sp³-hybridized carbons (Fsp3) is 0.240. The molecule has 0 bridgehead atoms. The molecule has 1 aliphatic heterocycles. The Bertz CT molecular complexity index is 1070. The first kappa shape index (κ1) is 21.4. The minimum absolute atomic E-state index is 0.0462. The summed E-state index contributed by atoms with van der Waals surface area (Å²) in [5.41, 5.74) is 7.88. The van der Waals surface area contributed by atoms with Gasteiger partial charge in [-0.15, -0.1) is 0 Å². The Morgan fingerprint density at radius 2 is 1.84 bits per heavy atom. The van der Waals surface area contributed by atoms with Gasteiger partial charge in [-0.05, 0) is 55.2 Å². The molecular weight excluding hydrogens is 402 g/mol. The number of nitrogen functional groups attached to an aromatic ring is 1. The average Bonchev–Trinajstić information content (AvgIpc) is 3.06. The summed E-state index contributed by atoms with van der Waals surface area (Å²) >= 11 is 0. The number of likely N-dealkylation sites (tertiary alicyclic amines) is 1. The van der Waals surface area contributed by atoms with E-state index in [1.807, 2.05) is 59.5 Å². The predicted molar refractivity (Wildman–Crippen MR) is 126 cm³/mol. The maximum Gasteiger partial charge on any atom is 0.246 e. The van der Waals surface area contributed by atoms with Crippen molar-refractivity contribution in [3.8, 4) is 22.6 Å². The Balaban J connectivity index is 1.55. The van der Waals surface area contributed by atoms with E-state index < -0.39 is 0 Å². The third-order valence-electron chi connectivity index (χ3n) is 5.50. The number of rotatable bonds is 6. The molecule has 2 heterocycles. The smallest absolute Gasteiger partial charge is 0.246 e. The first-order valence-corrected chi connectivity index (χ1v) is 10.8. The van der Waals surface area contributed by atoms with Gasteiger partial charge >= 0.3 is 0 Å². The van der Waals surface area contributed by atoms with Crippen LogP contribution in [-0.2, 0) is 4.79 Å². The number of aromatic nitrogens is 2. The molecule has 2 aromatic carbocycles. The van der Waals surface area contributed by atoms with Crippen molar-refractivity contribution >= 4 is 17.5 Å². The number of carbonyl (C=O) groups is 1. The van der Waals surface area contributed by atoms with Crippen LogP contribution in [0.2, 0.25) is 0 Å². The molecule has 1 fully saturated rings. The van der Waals surface area contributed by atoms with Crippen molar-refractivity contribution in [3.63, 3.8) is 0 Å². The summed E-state index contributed by atoms with van der Waals surface area (Å²) in [6.07, 6.45) is 5.76. The number of benzene rings is 2. The number of nitrogens with two attached hydrogens (primary N) is 1. The number of amides is 1. The molecule has 1 aliphatic rings. The van der Waals surface area contributed by atoms with Gasteiger partial charge in [-0.25, -0.2) is 9.97 Å². The van der Waals surface area contributed by atoms with Crippen LogP contribution in [0.1, 0.15) is 19.3 Å². The largest absolute Gasteiger partial charge is 0.457 e. The highest BCUT2D eigenvalue weighted by atomic mass is 16.5. The fourth-order valence-electron chi connectivity index (χ4n) is 3.89. The molecule has 1 aromatic heterocycles. The zero-order valence-electron chi connectivity index (χ0n) is 17.9. The van der Waals surface area contributed by atoms with Gasteiger partial charge in [0.25, 0.3) is 0 Å². The molecule has 7 heteroatoms. The third-order valence-corrected chi connectivity index (χ3v) is 5.50. The molecule has 7 nitrogen and oxygen atoms in total. The van der Waals surface area contributed by atoms with Crippen LogP contribution in [0.5, 0.6) is 11.5 Å². The lowest BCUT2D eigenvalue weighted by atomic mass is 10.1. The van der Waals surface area contributed by atoms with E-state index in [-0.39, 0.29) is 11.9 Å². The Morgan fingerprint density at radius 1 is 1.09 bits per heavy atom. The quantitative estimate of drug-likeness (QED) is 0.561. The average molecular weight is 430 g/mol. The molecule has 0 saturated carbocycles. The van der Waals surface area contributed by atoms with E-state index in [1.165, 1.54) is 12.4 Å². The SMILES string of the molecule is C=CC(=O)N1CCCC[C@H](Nc2ncnc(N)c2-c2ccc(Oc3ccccc3)cc2)C1. The zero-order chi connectivity index (χ0) is 22.3. The minimum atomic E-state index is -0.0462. The summed E-state index contributed by atoms with van der Waals surface area (Å²) in [5, 5.41) is 3.50. The van der Waals surface area contributed by atoms with Crippen molar-refractivity contribution in [1.29, 1.82) is 0 Å². The minimum Gasteiger partial charge on any atom is -0.457 e. The van der Waals surface area contributed by atoms with E-state index in [0.717, 1.165) is 48.4 Å². The van der Waals surface area contributed by atoms with Crippen LogP contribution in [0.3, 0.4) is 0 Å². The monoisotopic (exact) mass is 429 g/mol. The summed E-state index contributed by atoms with van der Waals surface area (Å²) in [6.45, 7) is 4.95. The van der Waals surface area contributed by atoms with E-state index in [1.54, 1.807) is 0 Å². The van der Waals surface area contributed by atoms with E-state index >= 15 is 0 Å². The van der Waals surface area contributed by atoms with Gasteiger partial charge in [-0.3, -0.25) is 4.79 Å². The number of anilines is 2. The third kappa shape index (κ3) is 5.06. The van der Waals surface area contributed by atoms with Crippen LogP contribution in [0.15, 0.2) is 73.6 Å². The zero-order valence-corrected chi connectivity index (χ0v) is 17.9. The maximum absolute atomic E-state index is 12.1. The second-order valence-electron chi connectivity index (χ2n) is 7.75. The lowest BCUT2D eigenvalue weighted by Crippen LogP contribution is -2.38. The van der Waals surface area contributed by atoms with Crippen LogP contribution in [0, 0.1) is 0 Å². The van der Waals surface area contributed by atoms with Gasteiger partial charge in [0.2, 0.25) is 5.91 Å². The molecule has 1 atom stereocenters. The number of hydrogen-bond acceptors (Lipinski definition) is 6. The number of nitrogens with one attached hydrogen (secondary N) is 1. The maximum atomic E-state index is 12.1. The Hall–Kier alpha value is -3.87. The molecule has 32 heavy (non-hydrogen) atoms. The van der Waals surface area contributed by atoms with Crippen LogP contribution in [0.4, 0.5) is 11.6 Å². The topological polar surface area (TPSA) is 93.4 Å². The number of carbonyl (C=O) groups excluding carboxylic acids is 1. The number of ether oxygens (including phenoxy) is 1. The van der Waals surface area contributed by atoms with Crippen molar-refractivity contribution in [3.05, 3.63) is 73.6 Å². The molecule has 0 unspecified atom stereocenters. The summed E-state index contributed by atoms with van der Waals surface area (Å²) in [7, 11) is 0. The van der Waals surface area contributed by atoms with Crippen molar-refractivity contribution in [1.82, 2.24) is 14.9 Å². The van der Waals surface area contributed by atoms with Crippen LogP contribution < -0.4 is 15.8 Å². The fourth-order valence-corrected chi connectivity index (χ4v) is 3.89. The van der Waals surface area contributed by atoms with Gasteiger partial charge in [-0.2, -0.15) is 0 Å². The number of hydrogen-bond donors (Lipinski definition) is 2. The molecule has 3 N–H and O–H groups in total. The van der Waals surface area contributed by atoms with Gasteiger partial charge in [-0.1, -0.05) is 36.9 Å². The molecular formula is C25H27N5O2. The van der Waals surface area contributed by atoms with Crippen molar-refractivity contribution in [2.45, 2.75) is 25.3 Å². The Kier molecular flexibility index (Phi) is 6.65. The molecule has 1 saturated heterocycles. The summed E-state index contributed by atoms with van der Waals surface area (Å²) < 4.78 is 5.89. The lowest BCUT2D eigenvalue weighted by molar-refractivity contribution is -0.126. The van der Waals surface area contributed by atoms with Crippen molar-refractivity contribution in [2.75, 3.05) is 24.1 Å². The Labute approximate surface area is 187 Å². The van der Waals surface area contributed by atoms with Crippen LogP contribution >= 0.6 is 0 Å². The normalized spacial score (nSPS) is 16.1. The van der Waals surface area contributed by atoms with E-state index in [2.05, 4.69) is 21.9 Å². The molecule has 0 radical (unpaired) electrons. The highest BCUT2D eigenvalue weighted by Gasteiger charge is 2.22. The van der Waals surface area contributed by atoms with Gasteiger partial charge in [0, 0.05) is 19.1 Å². The van der Waals surface area contributed by atoms with Crippen molar-refractivity contribution < 1.29 is 9.53 Å². The first-order chi connectivity index (χ1) is 15.6. The molecule has 4 rings (SSSR count). The van der Waals surface area contributed by atoms with E-state index in [0.29, 0.717) is 18.2 Å². The van der Waals surface area contributed by atoms with E-state index in [4.69, 9.17) is 10.5 Å². The second-order valence-corrected chi connectivity index (χ2v) is 7.75. The molecule has 1 amide bonds. The van der Waals surface area contributed by atoms with Crippen LogP contribution in [-0.4, -0.2) is 39.9 Å².